The number of carbonyl (C=O) groups is 2. The van der Waals surface area contributed by atoms with E-state index in [0.29, 0.717) is 40.7 Å². The zero-order chi connectivity index (χ0) is 18.4. The fourth-order valence-corrected chi connectivity index (χ4v) is 5.02. The number of ketones is 2. The Balaban J connectivity index is 1.87. The van der Waals surface area contributed by atoms with Crippen molar-refractivity contribution in [3.8, 4) is 0 Å². The molecule has 2 aromatic rings. The SMILES string of the molecule is COC1C(O)c2coc3c2C(C)(c2ccc4c(c2C3=O)CCC4=O)C1O. The molecule has 5 rings (SSSR count). The molecule has 1 heterocycles. The van der Waals surface area contributed by atoms with E-state index in [0.717, 1.165) is 5.56 Å². The Labute approximate surface area is 149 Å². The molecule has 134 valence electrons. The Morgan fingerprint density at radius 2 is 2.00 bits per heavy atom. The van der Waals surface area contributed by atoms with Crippen molar-refractivity contribution < 1.29 is 29.0 Å². The molecule has 1 aromatic heterocycles. The molecule has 0 aliphatic heterocycles. The van der Waals surface area contributed by atoms with Crippen molar-refractivity contribution in [2.45, 2.75) is 43.5 Å². The van der Waals surface area contributed by atoms with Gasteiger partial charge in [-0.1, -0.05) is 12.1 Å². The lowest BCUT2D eigenvalue weighted by Gasteiger charge is -2.47. The van der Waals surface area contributed by atoms with Crippen molar-refractivity contribution in [3.63, 3.8) is 0 Å². The second kappa shape index (κ2) is 4.91. The average Bonchev–Trinajstić information content (AvgIpc) is 3.23. The number of methoxy groups -OCH3 is 1. The second-order valence-electron chi connectivity index (χ2n) is 7.45. The summed E-state index contributed by atoms with van der Waals surface area (Å²) in [7, 11) is 1.43. The predicted octanol–water partition coefficient (Wildman–Crippen LogP) is 1.68. The minimum atomic E-state index is -1.08. The molecule has 0 spiro atoms. The first-order valence-corrected chi connectivity index (χ1v) is 8.66. The summed E-state index contributed by atoms with van der Waals surface area (Å²) in [6.45, 7) is 1.84. The third-order valence-corrected chi connectivity index (χ3v) is 6.35. The lowest BCUT2D eigenvalue weighted by Crippen LogP contribution is -2.55. The standard InChI is InChI=1S/C20H18O6/c1-20-11-5-3-8-9(4-6-12(8)21)13(11)16(23)17-14(20)10(7-26-17)15(22)18(25-2)19(20)24/h3,5,7,15,18-19,22,24H,4,6H2,1-2H3. The molecule has 4 atom stereocenters. The van der Waals surface area contributed by atoms with Crippen LogP contribution >= 0.6 is 0 Å². The van der Waals surface area contributed by atoms with Gasteiger partial charge in [0, 0.05) is 35.8 Å². The average molecular weight is 354 g/mol. The number of carbonyl (C=O) groups excluding carboxylic acids is 2. The van der Waals surface area contributed by atoms with E-state index >= 15 is 0 Å². The first-order chi connectivity index (χ1) is 12.4. The lowest BCUT2D eigenvalue weighted by molar-refractivity contribution is -0.112. The van der Waals surface area contributed by atoms with Crippen molar-refractivity contribution in [2.24, 2.45) is 0 Å². The maximum absolute atomic E-state index is 13.2. The molecule has 0 saturated carbocycles. The van der Waals surface area contributed by atoms with Crippen LogP contribution in [0.25, 0.3) is 0 Å². The molecule has 0 bridgehead atoms. The van der Waals surface area contributed by atoms with Crippen LogP contribution in [0.2, 0.25) is 0 Å². The van der Waals surface area contributed by atoms with E-state index in [1.54, 1.807) is 12.1 Å². The summed E-state index contributed by atoms with van der Waals surface area (Å²) < 4.78 is 10.9. The molecule has 0 amide bonds. The van der Waals surface area contributed by atoms with Gasteiger partial charge in [0.1, 0.15) is 12.2 Å². The zero-order valence-corrected chi connectivity index (χ0v) is 14.4. The smallest absolute Gasteiger partial charge is 0.229 e. The van der Waals surface area contributed by atoms with Crippen LogP contribution in [-0.2, 0) is 16.6 Å². The molecule has 4 unspecified atom stereocenters. The number of ether oxygens (including phenoxy) is 1. The van der Waals surface area contributed by atoms with Gasteiger partial charge in [0.05, 0.1) is 17.8 Å². The monoisotopic (exact) mass is 354 g/mol. The zero-order valence-electron chi connectivity index (χ0n) is 14.4. The lowest BCUT2D eigenvalue weighted by atomic mass is 9.59. The summed E-state index contributed by atoms with van der Waals surface area (Å²) >= 11 is 0. The van der Waals surface area contributed by atoms with Crippen LogP contribution in [0.15, 0.2) is 22.8 Å². The van der Waals surface area contributed by atoms with Gasteiger partial charge in [-0.3, -0.25) is 9.59 Å². The predicted molar refractivity (Wildman–Crippen MR) is 89.5 cm³/mol. The number of Topliss-reactive ketones (excluding diaryl/α,β-unsaturated/α-hetero) is 1. The topological polar surface area (TPSA) is 97.0 Å². The van der Waals surface area contributed by atoms with Gasteiger partial charge in [-0.2, -0.15) is 0 Å². The normalized spacial score (nSPS) is 31.6. The maximum Gasteiger partial charge on any atom is 0.229 e. The van der Waals surface area contributed by atoms with Crippen LogP contribution < -0.4 is 0 Å². The molecule has 6 heteroatoms. The minimum absolute atomic E-state index is 0.0288. The van der Waals surface area contributed by atoms with Crippen LogP contribution in [0, 0.1) is 0 Å². The first-order valence-electron chi connectivity index (χ1n) is 8.66. The largest absolute Gasteiger partial charge is 0.460 e. The summed E-state index contributed by atoms with van der Waals surface area (Å²) in [6, 6.07) is 3.50. The second-order valence-corrected chi connectivity index (χ2v) is 7.45. The quantitative estimate of drug-likeness (QED) is 0.809. The highest BCUT2D eigenvalue weighted by Gasteiger charge is 2.57. The van der Waals surface area contributed by atoms with Crippen molar-refractivity contribution >= 4 is 11.6 Å². The maximum atomic E-state index is 13.2. The van der Waals surface area contributed by atoms with Crippen LogP contribution in [0.4, 0.5) is 0 Å². The molecule has 26 heavy (non-hydrogen) atoms. The van der Waals surface area contributed by atoms with Crippen molar-refractivity contribution in [3.05, 3.63) is 57.5 Å². The number of fused-ring (bicyclic) bond motifs is 4. The van der Waals surface area contributed by atoms with Gasteiger partial charge >= 0.3 is 0 Å². The number of hydrogen-bond donors (Lipinski definition) is 2. The van der Waals surface area contributed by atoms with E-state index in [2.05, 4.69) is 0 Å². The minimum Gasteiger partial charge on any atom is -0.460 e. The van der Waals surface area contributed by atoms with Gasteiger partial charge in [-0.15, -0.1) is 0 Å². The van der Waals surface area contributed by atoms with Gasteiger partial charge < -0.3 is 19.4 Å². The molecule has 0 fully saturated rings. The van der Waals surface area contributed by atoms with Crippen LogP contribution in [0.1, 0.15) is 68.2 Å². The van der Waals surface area contributed by atoms with E-state index in [1.165, 1.54) is 13.4 Å². The number of furan rings is 1. The highest BCUT2D eigenvalue weighted by molar-refractivity contribution is 6.15. The van der Waals surface area contributed by atoms with E-state index in [9.17, 15) is 19.8 Å². The highest BCUT2D eigenvalue weighted by Crippen LogP contribution is 2.54. The summed E-state index contributed by atoms with van der Waals surface area (Å²) in [5, 5.41) is 21.7. The molecular weight excluding hydrogens is 336 g/mol. The number of hydrogen-bond acceptors (Lipinski definition) is 6. The molecule has 6 nitrogen and oxygen atoms in total. The summed E-state index contributed by atoms with van der Waals surface area (Å²) in [5.74, 6) is -0.128. The Morgan fingerprint density at radius 1 is 1.23 bits per heavy atom. The number of rotatable bonds is 1. The third kappa shape index (κ3) is 1.58. The van der Waals surface area contributed by atoms with Crippen LogP contribution in [0.5, 0.6) is 0 Å². The van der Waals surface area contributed by atoms with Crippen molar-refractivity contribution in [1.29, 1.82) is 0 Å². The fourth-order valence-electron chi connectivity index (χ4n) is 5.02. The molecular formula is C20H18O6. The number of aliphatic hydroxyl groups excluding tert-OH is 2. The third-order valence-electron chi connectivity index (χ3n) is 6.35. The van der Waals surface area contributed by atoms with Gasteiger partial charge in [0.25, 0.3) is 0 Å². The molecule has 3 aliphatic rings. The Kier molecular flexibility index (Phi) is 3.01. The Bertz CT molecular complexity index is 986. The van der Waals surface area contributed by atoms with Crippen molar-refractivity contribution in [1.82, 2.24) is 0 Å². The van der Waals surface area contributed by atoms with Crippen molar-refractivity contribution in [2.75, 3.05) is 7.11 Å². The number of aliphatic hydroxyl groups is 2. The van der Waals surface area contributed by atoms with E-state index in [-0.39, 0.29) is 17.3 Å². The van der Waals surface area contributed by atoms with Gasteiger partial charge in [0.2, 0.25) is 5.78 Å². The summed E-state index contributed by atoms with van der Waals surface area (Å²) in [6.07, 6.45) is -0.744. The first kappa shape index (κ1) is 15.9. The summed E-state index contributed by atoms with van der Waals surface area (Å²) in [5.41, 5.74) is 2.44. The van der Waals surface area contributed by atoms with E-state index < -0.39 is 23.7 Å². The fraction of sp³-hybridized carbons (Fsp3) is 0.400. The van der Waals surface area contributed by atoms with E-state index in [1.807, 2.05) is 6.92 Å². The molecule has 0 radical (unpaired) electrons. The number of benzene rings is 1. The molecule has 1 aromatic carbocycles. The Morgan fingerprint density at radius 3 is 2.73 bits per heavy atom. The molecule has 0 saturated heterocycles. The van der Waals surface area contributed by atoms with Crippen LogP contribution in [0.3, 0.4) is 0 Å². The van der Waals surface area contributed by atoms with Gasteiger partial charge in [-0.25, -0.2) is 0 Å². The van der Waals surface area contributed by atoms with E-state index in [4.69, 9.17) is 9.15 Å². The van der Waals surface area contributed by atoms with Gasteiger partial charge in [0.15, 0.2) is 11.5 Å². The summed E-state index contributed by atoms with van der Waals surface area (Å²) in [4.78, 5) is 25.3. The highest BCUT2D eigenvalue weighted by atomic mass is 16.5. The Hall–Kier alpha value is -2.28. The van der Waals surface area contributed by atoms with Crippen LogP contribution in [-0.4, -0.2) is 41.1 Å². The molecule has 2 N–H and O–H groups in total. The molecule has 3 aliphatic carbocycles. The van der Waals surface area contributed by atoms with Gasteiger partial charge in [-0.05, 0) is 24.5 Å².